The van der Waals surface area contributed by atoms with Crippen LogP contribution in [0.5, 0.6) is 0 Å². The van der Waals surface area contributed by atoms with E-state index in [2.05, 4.69) is 181 Å². The van der Waals surface area contributed by atoms with Crippen LogP contribution in [-0.4, -0.2) is 0 Å². The zero-order chi connectivity index (χ0) is 32.8. The van der Waals surface area contributed by atoms with Gasteiger partial charge >= 0.3 is 0 Å². The molecule has 2 aliphatic carbocycles. The maximum Gasteiger partial charge on any atom is 0.0476 e. The molecule has 9 aromatic rings. The van der Waals surface area contributed by atoms with E-state index in [0.29, 0.717) is 0 Å². The van der Waals surface area contributed by atoms with Crippen LogP contribution in [-0.2, 0) is 0 Å². The molecule has 0 aliphatic heterocycles. The molecule has 1 aromatic heterocycles. The van der Waals surface area contributed by atoms with Gasteiger partial charge in [0.15, 0.2) is 0 Å². The maximum absolute atomic E-state index is 2.42. The van der Waals surface area contributed by atoms with E-state index in [1.54, 1.807) is 0 Å². The number of thiophene rings is 1. The summed E-state index contributed by atoms with van der Waals surface area (Å²) in [5.41, 5.74) is 19.0. The Morgan fingerprint density at radius 2 is 0.840 bits per heavy atom. The summed E-state index contributed by atoms with van der Waals surface area (Å²) in [5, 5.41) is 2.64. The van der Waals surface area contributed by atoms with Crippen molar-refractivity contribution in [2.45, 2.75) is 0 Å². The van der Waals surface area contributed by atoms with Crippen molar-refractivity contribution in [2.24, 2.45) is 0 Å². The first-order chi connectivity index (χ1) is 24.8. The molecule has 0 fully saturated rings. The molecule has 50 heavy (non-hydrogen) atoms. The third-order valence-corrected chi connectivity index (χ3v) is 11.7. The fourth-order valence-corrected chi connectivity index (χ4v) is 9.50. The summed E-state index contributed by atoms with van der Waals surface area (Å²) in [6, 6.07) is 65.0. The third-order valence-electron chi connectivity index (χ3n) is 10.6. The summed E-state index contributed by atoms with van der Waals surface area (Å²) in [4.78, 5) is 2.37. The van der Waals surface area contributed by atoms with Crippen LogP contribution in [0.3, 0.4) is 0 Å². The van der Waals surface area contributed by atoms with Gasteiger partial charge in [0.2, 0.25) is 0 Å². The van der Waals surface area contributed by atoms with Gasteiger partial charge in [-0.05, 0) is 115 Å². The van der Waals surface area contributed by atoms with Crippen molar-refractivity contribution in [3.05, 3.63) is 176 Å². The molecule has 0 atom stereocenters. The van der Waals surface area contributed by atoms with E-state index in [1.165, 1.54) is 86.9 Å². The number of benzene rings is 8. The Balaban J connectivity index is 1.04. The molecule has 0 amide bonds. The zero-order valence-corrected chi connectivity index (χ0v) is 27.9. The van der Waals surface area contributed by atoms with Crippen LogP contribution in [0.25, 0.3) is 86.9 Å². The van der Waals surface area contributed by atoms with Crippen LogP contribution in [0.4, 0.5) is 17.1 Å². The highest BCUT2D eigenvalue weighted by atomic mass is 32.1. The van der Waals surface area contributed by atoms with E-state index < -0.39 is 0 Å². The molecule has 232 valence electrons. The van der Waals surface area contributed by atoms with Crippen LogP contribution in [0.2, 0.25) is 0 Å². The van der Waals surface area contributed by atoms with Crippen LogP contribution in [0.1, 0.15) is 0 Å². The van der Waals surface area contributed by atoms with Crippen molar-refractivity contribution in [2.75, 3.05) is 4.90 Å². The third kappa shape index (κ3) is 4.00. The summed E-state index contributed by atoms with van der Waals surface area (Å²) >= 11 is 1.86. The Morgan fingerprint density at radius 3 is 1.62 bits per heavy atom. The summed E-state index contributed by atoms with van der Waals surface area (Å²) in [7, 11) is 0. The number of rotatable bonds is 4. The van der Waals surface area contributed by atoms with Gasteiger partial charge in [0.25, 0.3) is 0 Å². The summed E-state index contributed by atoms with van der Waals surface area (Å²) in [5.74, 6) is 0. The molecular formula is C48H29NS. The molecule has 0 spiro atoms. The number of para-hydroxylation sites is 1. The van der Waals surface area contributed by atoms with E-state index in [9.17, 15) is 0 Å². The van der Waals surface area contributed by atoms with Crippen LogP contribution < -0.4 is 4.90 Å². The van der Waals surface area contributed by atoms with E-state index in [4.69, 9.17) is 0 Å². The fraction of sp³-hybridized carbons (Fsp3) is 0. The highest BCUT2D eigenvalue weighted by molar-refractivity contribution is 7.25. The van der Waals surface area contributed by atoms with Gasteiger partial charge in [0, 0.05) is 37.2 Å². The second kappa shape index (κ2) is 10.6. The summed E-state index contributed by atoms with van der Waals surface area (Å²) in [6.07, 6.45) is 0. The standard InChI is InChI=1S/C48H29NS/c1-2-10-32(11-3-1)49(34-25-27-38-37-13-6-7-19-45(37)50-46(38)29-34)33-23-20-30(21-24-33)31-22-26-36-41-16-9-17-42-43-18-8-15-40(48(43)44(36)28-31)35-12-4-5-14-39(35)47(41)42/h1-29H. The first-order valence-corrected chi connectivity index (χ1v) is 18.0. The van der Waals surface area contributed by atoms with Gasteiger partial charge in [-0.25, -0.2) is 0 Å². The van der Waals surface area contributed by atoms with Gasteiger partial charge in [0.1, 0.15) is 0 Å². The van der Waals surface area contributed by atoms with Crippen LogP contribution in [0, 0.1) is 0 Å². The highest BCUT2D eigenvalue weighted by Gasteiger charge is 2.30. The van der Waals surface area contributed by atoms with E-state index in [1.807, 2.05) is 11.3 Å². The Kier molecular flexibility index (Phi) is 5.89. The molecule has 11 rings (SSSR count). The van der Waals surface area contributed by atoms with Crippen molar-refractivity contribution in [3.63, 3.8) is 0 Å². The lowest BCUT2D eigenvalue weighted by Gasteiger charge is -2.26. The van der Waals surface area contributed by atoms with Crippen molar-refractivity contribution in [3.8, 4) is 66.8 Å². The second-order valence-corrected chi connectivity index (χ2v) is 14.3. The summed E-state index contributed by atoms with van der Waals surface area (Å²) < 4.78 is 2.62. The first kappa shape index (κ1) is 27.7. The van der Waals surface area contributed by atoms with Gasteiger partial charge in [-0.1, -0.05) is 127 Å². The largest absolute Gasteiger partial charge is 0.310 e. The van der Waals surface area contributed by atoms with Crippen LogP contribution >= 0.6 is 11.3 Å². The number of fused-ring (bicyclic) bond motifs is 7. The predicted molar refractivity (Wildman–Crippen MR) is 214 cm³/mol. The zero-order valence-electron chi connectivity index (χ0n) is 27.1. The second-order valence-electron chi connectivity index (χ2n) is 13.3. The quantitative estimate of drug-likeness (QED) is 0.183. The smallest absolute Gasteiger partial charge is 0.0476 e. The molecule has 0 unspecified atom stereocenters. The first-order valence-electron chi connectivity index (χ1n) is 17.2. The lowest BCUT2D eigenvalue weighted by atomic mass is 9.83. The Labute approximate surface area is 295 Å². The minimum absolute atomic E-state index is 1.13. The Hall–Kier alpha value is -6.22. The highest BCUT2D eigenvalue weighted by Crippen LogP contribution is 2.57. The average molecular weight is 652 g/mol. The van der Waals surface area contributed by atoms with Crippen molar-refractivity contribution in [1.82, 2.24) is 0 Å². The van der Waals surface area contributed by atoms with Crippen molar-refractivity contribution < 1.29 is 0 Å². The molecule has 1 heterocycles. The van der Waals surface area contributed by atoms with E-state index >= 15 is 0 Å². The molecule has 2 heteroatoms. The molecule has 0 radical (unpaired) electrons. The molecular weight excluding hydrogens is 623 g/mol. The fourth-order valence-electron chi connectivity index (χ4n) is 8.37. The molecule has 0 saturated heterocycles. The summed E-state index contributed by atoms with van der Waals surface area (Å²) in [6.45, 7) is 0. The lowest BCUT2D eigenvalue weighted by molar-refractivity contribution is 1.29. The monoisotopic (exact) mass is 651 g/mol. The Bertz CT molecular complexity index is 2780. The number of hydrogen-bond donors (Lipinski definition) is 0. The van der Waals surface area contributed by atoms with Gasteiger partial charge in [0.05, 0.1) is 0 Å². The molecule has 6 bridgehead atoms. The maximum atomic E-state index is 2.42. The van der Waals surface area contributed by atoms with Gasteiger partial charge in [-0.15, -0.1) is 11.3 Å². The van der Waals surface area contributed by atoms with Gasteiger partial charge in [-0.2, -0.15) is 0 Å². The van der Waals surface area contributed by atoms with E-state index in [-0.39, 0.29) is 0 Å². The minimum Gasteiger partial charge on any atom is -0.310 e. The van der Waals surface area contributed by atoms with Gasteiger partial charge < -0.3 is 4.90 Å². The van der Waals surface area contributed by atoms with Gasteiger partial charge in [-0.3, -0.25) is 0 Å². The number of hydrogen-bond acceptors (Lipinski definition) is 2. The Morgan fingerprint density at radius 1 is 0.300 bits per heavy atom. The normalized spacial score (nSPS) is 12.0. The van der Waals surface area contributed by atoms with E-state index in [0.717, 1.165) is 17.1 Å². The van der Waals surface area contributed by atoms with Crippen molar-refractivity contribution in [1.29, 1.82) is 0 Å². The lowest BCUT2D eigenvalue weighted by Crippen LogP contribution is -2.09. The molecule has 8 aromatic carbocycles. The predicted octanol–water partition coefficient (Wildman–Crippen LogP) is 14.2. The molecule has 2 aliphatic rings. The van der Waals surface area contributed by atoms with Crippen molar-refractivity contribution >= 4 is 48.6 Å². The molecule has 0 saturated carbocycles. The number of anilines is 3. The number of nitrogens with zero attached hydrogens (tertiary/aromatic N) is 1. The van der Waals surface area contributed by atoms with Crippen LogP contribution in [0.15, 0.2) is 176 Å². The average Bonchev–Trinajstić information content (AvgIpc) is 3.50. The topological polar surface area (TPSA) is 3.24 Å². The minimum atomic E-state index is 1.13. The molecule has 1 nitrogen and oxygen atoms in total. The SMILES string of the molecule is c1ccc(N(c2ccc(-c3ccc4c(c3)-c3c5cccc3-c3cccc-4c3-c3ccccc3-5)cc2)c2ccc3c(c2)sc2ccccc23)cc1. The molecule has 0 N–H and O–H groups in total.